The Morgan fingerprint density at radius 1 is 0.710 bits per heavy atom. The van der Waals surface area contributed by atoms with Crippen LogP contribution in [0.4, 0.5) is 0 Å². The fourth-order valence-corrected chi connectivity index (χ4v) is 5.83. The molecule has 4 aromatic carbocycles. The van der Waals surface area contributed by atoms with Gasteiger partial charge in [-0.25, -0.2) is 8.42 Å². The summed E-state index contributed by atoms with van der Waals surface area (Å²) in [6.45, 7) is 1.82. The van der Waals surface area contributed by atoms with Gasteiger partial charge in [-0.1, -0.05) is 54.1 Å². The van der Waals surface area contributed by atoms with Crippen molar-refractivity contribution in [3.05, 3.63) is 110 Å². The van der Waals surface area contributed by atoms with Gasteiger partial charge in [-0.05, 0) is 49.4 Å². The Kier molecular flexibility index (Phi) is 6.41. The van der Waals surface area contributed by atoms with Crippen molar-refractivity contribution in [2.45, 2.75) is 11.8 Å². The first-order valence-electron chi connectivity index (χ1n) is 9.54. The van der Waals surface area contributed by atoms with Crippen molar-refractivity contribution in [3.63, 3.8) is 0 Å². The highest BCUT2D eigenvalue weighted by Crippen LogP contribution is 2.27. The van der Waals surface area contributed by atoms with Gasteiger partial charge in [-0.2, -0.15) is 0 Å². The Bertz CT molecular complexity index is 1420. The molecule has 0 fully saturated rings. The zero-order valence-corrected chi connectivity index (χ0v) is 19.6. The van der Waals surface area contributed by atoms with E-state index in [4.69, 9.17) is 4.42 Å². The number of hydrogen-bond acceptors (Lipinski definition) is 4. The molecule has 0 radical (unpaired) electrons. The minimum atomic E-state index is -4.27. The van der Waals surface area contributed by atoms with E-state index < -0.39 is 10.1 Å². The molecule has 31 heavy (non-hydrogen) atoms. The molecule has 0 aliphatic rings. The monoisotopic (exact) mass is 542 g/mol. The van der Waals surface area contributed by atoms with Crippen LogP contribution in [-0.4, -0.2) is 13.0 Å². The second-order valence-electron chi connectivity index (χ2n) is 6.90. The van der Waals surface area contributed by atoms with E-state index in [0.29, 0.717) is 0 Å². The maximum atomic E-state index is 10.4. The lowest BCUT2D eigenvalue weighted by Crippen LogP contribution is -3.61. The van der Waals surface area contributed by atoms with Gasteiger partial charge < -0.3 is 8.97 Å². The van der Waals surface area contributed by atoms with Crippen LogP contribution in [0.3, 0.4) is 0 Å². The van der Waals surface area contributed by atoms with Gasteiger partial charge in [0.05, 0.1) is 4.90 Å². The van der Waals surface area contributed by atoms with Crippen LogP contribution >= 0.6 is 0 Å². The maximum Gasteiger partial charge on any atom is 0.358 e. The van der Waals surface area contributed by atoms with Gasteiger partial charge in [-0.15, -0.1) is 0 Å². The first kappa shape index (κ1) is 21.5. The molecule has 0 bridgehead atoms. The molecule has 156 valence electrons. The van der Waals surface area contributed by atoms with Crippen LogP contribution in [0.15, 0.2) is 106 Å². The van der Waals surface area contributed by atoms with E-state index in [9.17, 15) is 13.0 Å². The van der Waals surface area contributed by atoms with Gasteiger partial charge in [0.25, 0.3) is 0 Å². The van der Waals surface area contributed by atoms with Crippen LogP contribution in [0.2, 0.25) is 0 Å². The number of rotatable bonds is 3. The molecule has 0 spiro atoms. The van der Waals surface area contributed by atoms with Crippen LogP contribution in [0.25, 0.3) is 21.9 Å². The zero-order chi connectivity index (χ0) is 21.8. The lowest BCUT2D eigenvalue weighted by Gasteiger charge is -2.05. The third-order valence-electron chi connectivity index (χ3n) is 4.60. The summed E-state index contributed by atoms with van der Waals surface area (Å²) in [4.78, 5) is -0.178. The van der Waals surface area contributed by atoms with E-state index in [1.165, 1.54) is 30.0 Å². The summed E-state index contributed by atoms with van der Waals surface area (Å²) in [7, 11) is -4.27. The maximum absolute atomic E-state index is 10.4. The number of benzene rings is 4. The molecule has 0 saturated heterocycles. The summed E-state index contributed by atoms with van der Waals surface area (Å²) in [5, 5.41) is 2.41. The fourth-order valence-electron chi connectivity index (χ4n) is 3.07. The molecule has 1 aromatic heterocycles. The molecule has 5 rings (SSSR count). The number of hydrogen-bond donors (Lipinski definition) is 0. The number of furan rings is 1. The summed E-state index contributed by atoms with van der Waals surface area (Å²) in [6.07, 6.45) is 0. The molecule has 4 nitrogen and oxygen atoms in total. The minimum absolute atomic E-state index is 0.136. The highest BCUT2D eigenvalue weighted by Gasteiger charge is 2.17. The highest BCUT2D eigenvalue weighted by molar-refractivity contribution is 7.85. The van der Waals surface area contributed by atoms with E-state index in [0.717, 1.165) is 16.7 Å². The van der Waals surface area contributed by atoms with Crippen LogP contribution in [0.5, 0.6) is 0 Å². The van der Waals surface area contributed by atoms with Crippen molar-refractivity contribution >= 4 is 32.1 Å². The number of para-hydroxylation sites is 1. The lowest BCUT2D eigenvalue weighted by molar-refractivity contribution is -0.597. The molecule has 6 heteroatoms. The Morgan fingerprint density at radius 3 is 2.06 bits per heavy atom. The minimum Gasteiger partial charge on any atom is -0.744 e. The summed E-state index contributed by atoms with van der Waals surface area (Å²) in [5.41, 5.74) is 2.90. The lowest BCUT2D eigenvalue weighted by atomic mass is 10.2. The quantitative estimate of drug-likeness (QED) is 0.260. The molecule has 0 atom stereocenters. The third-order valence-corrected chi connectivity index (χ3v) is 8.09. The largest absolute Gasteiger partial charge is 0.744 e. The van der Waals surface area contributed by atoms with E-state index in [1.54, 1.807) is 12.1 Å². The molecule has 0 N–H and O–H groups in total. The molecule has 0 unspecified atom stereocenters. The molecule has 1 heterocycles. The van der Waals surface area contributed by atoms with Gasteiger partial charge in [0, 0.05) is 16.8 Å². The topological polar surface area (TPSA) is 70.3 Å². The predicted octanol–water partition coefficient (Wildman–Crippen LogP) is 2.61. The highest BCUT2D eigenvalue weighted by atomic mass is 127. The Labute approximate surface area is 191 Å². The average Bonchev–Trinajstić information content (AvgIpc) is 3.12. The van der Waals surface area contributed by atoms with Crippen LogP contribution < -0.4 is 21.2 Å². The molecule has 0 aliphatic heterocycles. The van der Waals surface area contributed by atoms with Gasteiger partial charge in [-0.3, -0.25) is 0 Å². The molecule has 0 amide bonds. The Hall–Kier alpha value is -2.68. The Morgan fingerprint density at radius 2 is 1.35 bits per heavy atom. The predicted molar refractivity (Wildman–Crippen MR) is 117 cm³/mol. The van der Waals surface area contributed by atoms with Crippen LogP contribution in [-0.2, 0) is 10.1 Å². The van der Waals surface area contributed by atoms with Crippen LogP contribution in [0.1, 0.15) is 5.56 Å². The number of aryl methyl sites for hydroxylation is 1. The van der Waals surface area contributed by atoms with Crippen molar-refractivity contribution in [1.82, 2.24) is 0 Å². The van der Waals surface area contributed by atoms with E-state index >= 15 is 0 Å². The van der Waals surface area contributed by atoms with Gasteiger partial charge >= 0.3 is 21.2 Å². The van der Waals surface area contributed by atoms with E-state index in [2.05, 4.69) is 60.7 Å². The van der Waals surface area contributed by atoms with Crippen molar-refractivity contribution in [2.75, 3.05) is 0 Å². The molecular formula is C25H19IO4S. The van der Waals surface area contributed by atoms with Gasteiger partial charge in [0.1, 0.15) is 21.3 Å². The second kappa shape index (κ2) is 9.21. The number of halogens is 1. The average molecular weight is 542 g/mol. The summed E-state index contributed by atoms with van der Waals surface area (Å²) in [5.74, 6) is 0. The van der Waals surface area contributed by atoms with Gasteiger partial charge in [0.2, 0.25) is 0 Å². The summed E-state index contributed by atoms with van der Waals surface area (Å²) < 4.78 is 39.9. The fraction of sp³-hybridized carbons (Fsp3) is 0.0400. The van der Waals surface area contributed by atoms with Crippen molar-refractivity contribution in [3.8, 4) is 0 Å². The standard InChI is InChI=1S/C18H12IO.C7H8O3S/c1-2-6-13(7-3-1)19-14-10-11-16-15-8-4-5-9-17(15)20-18(16)12-14;1-6-2-4-7(5-3-6)11(8,9)10/h1-12H;2-5H,1H3,(H,8,9,10)/q+1;/p-1. The normalized spacial score (nSPS) is 11.3. The van der Waals surface area contributed by atoms with E-state index in [1.807, 2.05) is 19.1 Å². The van der Waals surface area contributed by atoms with Crippen molar-refractivity contribution in [1.29, 1.82) is 0 Å². The van der Waals surface area contributed by atoms with Crippen LogP contribution in [0, 0.1) is 14.1 Å². The Balaban J connectivity index is 0.000000180. The third kappa shape index (κ3) is 5.33. The smallest absolute Gasteiger partial charge is 0.358 e. The summed E-state index contributed by atoms with van der Waals surface area (Å²) in [6, 6.07) is 31.3. The molecular weight excluding hydrogens is 523 g/mol. The zero-order valence-electron chi connectivity index (χ0n) is 16.7. The van der Waals surface area contributed by atoms with Crippen molar-refractivity contribution in [2.24, 2.45) is 0 Å². The van der Waals surface area contributed by atoms with Crippen molar-refractivity contribution < 1.29 is 38.6 Å². The summed E-state index contributed by atoms with van der Waals surface area (Å²) >= 11 is -0.136. The van der Waals surface area contributed by atoms with E-state index in [-0.39, 0.29) is 26.1 Å². The van der Waals surface area contributed by atoms with Gasteiger partial charge in [0.15, 0.2) is 7.14 Å². The molecule has 0 saturated carbocycles. The SMILES string of the molecule is Cc1ccc(S(=O)(=O)[O-])cc1.c1ccc([I+]c2ccc3c(c2)oc2ccccc23)cc1. The first-order chi connectivity index (χ1) is 14.9. The second-order valence-corrected chi connectivity index (χ2v) is 11.3. The molecule has 0 aliphatic carbocycles. The first-order valence-corrected chi connectivity index (χ1v) is 13.1. The molecule has 5 aromatic rings. The number of fused-ring (bicyclic) bond motifs is 3.